The van der Waals surface area contributed by atoms with Crippen LogP contribution >= 0.6 is 0 Å². The van der Waals surface area contributed by atoms with Crippen molar-refractivity contribution in [1.29, 1.82) is 0 Å². The van der Waals surface area contributed by atoms with E-state index in [1.165, 1.54) is 0 Å². The van der Waals surface area contributed by atoms with Crippen LogP contribution in [0.25, 0.3) is 22.7 Å². The third-order valence-electron chi connectivity index (χ3n) is 4.60. The van der Waals surface area contributed by atoms with E-state index in [0.717, 1.165) is 12.8 Å². The number of aromatic nitrogens is 2. The van der Waals surface area contributed by atoms with E-state index in [9.17, 15) is 9.59 Å². The number of carbonyl (C=O) groups is 1. The van der Waals surface area contributed by atoms with Gasteiger partial charge in [-0.15, -0.1) is 0 Å². The molecular formula is C22H22N4O2. The highest BCUT2D eigenvalue weighted by atomic mass is 16.1. The van der Waals surface area contributed by atoms with Crippen molar-refractivity contribution < 1.29 is 4.79 Å². The number of carbonyl (C=O) groups excluding carboxylic acids is 1. The van der Waals surface area contributed by atoms with Crippen molar-refractivity contribution in [1.82, 2.24) is 19.8 Å². The molecule has 0 unspecified atom stereocenters. The van der Waals surface area contributed by atoms with Gasteiger partial charge in [-0.1, -0.05) is 18.2 Å². The highest BCUT2D eigenvalue weighted by Gasteiger charge is 2.24. The van der Waals surface area contributed by atoms with Crippen LogP contribution in [-0.4, -0.2) is 40.5 Å². The highest BCUT2D eigenvalue weighted by Crippen LogP contribution is 2.20. The first-order chi connectivity index (χ1) is 13.5. The quantitative estimate of drug-likeness (QED) is 0.746. The molecule has 0 bridgehead atoms. The maximum absolute atomic E-state index is 13.2. The minimum atomic E-state index is -0.163. The second-order valence-electron chi connectivity index (χ2n) is 7.21. The molecule has 0 aliphatic heterocycles. The summed E-state index contributed by atoms with van der Waals surface area (Å²) < 4.78 is 1.55. The molecule has 1 N–H and O–H groups in total. The predicted molar refractivity (Wildman–Crippen MR) is 111 cm³/mol. The van der Waals surface area contributed by atoms with Crippen LogP contribution in [0, 0.1) is 0 Å². The number of para-hydroxylation sites is 1. The van der Waals surface area contributed by atoms with Gasteiger partial charge in [-0.2, -0.15) is 0 Å². The topological polar surface area (TPSA) is 67.2 Å². The van der Waals surface area contributed by atoms with E-state index in [4.69, 9.17) is 0 Å². The molecule has 28 heavy (non-hydrogen) atoms. The standard InChI is InChI=1S/C22H22N4O2/c1-25(2)13-12-20-24-19-9-4-3-8-18(19)22(28)26(20)17-7-5-6-15(14-17)21(27)23-16-10-11-16/h3-9,12-14,16H,10-11H2,1-2H3,(H,23,27)/b13-12+. The molecule has 1 aliphatic rings. The van der Waals surface area contributed by atoms with Crippen molar-refractivity contribution in [3.8, 4) is 5.69 Å². The number of nitrogens with zero attached hydrogens (tertiary/aromatic N) is 3. The van der Waals surface area contributed by atoms with Crippen molar-refractivity contribution in [3.63, 3.8) is 0 Å². The summed E-state index contributed by atoms with van der Waals surface area (Å²) in [7, 11) is 3.81. The minimum absolute atomic E-state index is 0.114. The number of benzene rings is 2. The number of hydrogen-bond acceptors (Lipinski definition) is 4. The van der Waals surface area contributed by atoms with Crippen molar-refractivity contribution in [2.45, 2.75) is 18.9 Å². The number of nitrogens with one attached hydrogen (secondary N) is 1. The van der Waals surface area contributed by atoms with Gasteiger partial charge in [0, 0.05) is 31.9 Å². The van der Waals surface area contributed by atoms with Crippen LogP contribution in [0.5, 0.6) is 0 Å². The first-order valence-corrected chi connectivity index (χ1v) is 9.30. The SMILES string of the molecule is CN(C)/C=C/c1nc2ccccc2c(=O)n1-c1cccc(C(=O)NC2CC2)c1. The molecular weight excluding hydrogens is 352 g/mol. The van der Waals surface area contributed by atoms with Gasteiger partial charge >= 0.3 is 0 Å². The summed E-state index contributed by atoms with van der Waals surface area (Å²) in [4.78, 5) is 32.2. The fourth-order valence-corrected chi connectivity index (χ4v) is 3.01. The first-order valence-electron chi connectivity index (χ1n) is 9.30. The molecule has 1 amide bonds. The lowest BCUT2D eigenvalue weighted by molar-refractivity contribution is 0.0951. The Hall–Kier alpha value is -3.41. The van der Waals surface area contributed by atoms with Gasteiger partial charge in [-0.3, -0.25) is 14.2 Å². The molecule has 1 aliphatic carbocycles. The summed E-state index contributed by atoms with van der Waals surface area (Å²) in [5.41, 5.74) is 1.63. The normalized spacial score (nSPS) is 13.8. The number of amides is 1. The molecule has 1 aromatic heterocycles. The van der Waals surface area contributed by atoms with Gasteiger partial charge in [-0.05, 0) is 49.2 Å². The van der Waals surface area contributed by atoms with E-state index in [1.54, 1.807) is 34.9 Å². The van der Waals surface area contributed by atoms with Gasteiger partial charge in [0.1, 0.15) is 5.82 Å². The molecule has 0 spiro atoms. The lowest BCUT2D eigenvalue weighted by Crippen LogP contribution is -2.26. The van der Waals surface area contributed by atoms with Crippen molar-refractivity contribution >= 4 is 22.9 Å². The number of hydrogen-bond donors (Lipinski definition) is 1. The summed E-state index contributed by atoms with van der Waals surface area (Å²) in [6, 6.07) is 14.7. The minimum Gasteiger partial charge on any atom is -0.383 e. The summed E-state index contributed by atoms with van der Waals surface area (Å²) in [6.45, 7) is 0. The predicted octanol–water partition coefficient (Wildman–Crippen LogP) is 2.81. The smallest absolute Gasteiger partial charge is 0.266 e. The van der Waals surface area contributed by atoms with E-state index in [0.29, 0.717) is 28.0 Å². The number of fused-ring (bicyclic) bond motifs is 1. The molecule has 0 saturated heterocycles. The van der Waals surface area contributed by atoms with Crippen molar-refractivity contribution in [2.75, 3.05) is 14.1 Å². The van der Waals surface area contributed by atoms with Gasteiger partial charge in [0.2, 0.25) is 0 Å². The molecule has 1 heterocycles. The van der Waals surface area contributed by atoms with Crippen molar-refractivity contribution in [2.24, 2.45) is 0 Å². The molecule has 4 rings (SSSR count). The highest BCUT2D eigenvalue weighted by molar-refractivity contribution is 5.95. The second kappa shape index (κ2) is 7.31. The van der Waals surface area contributed by atoms with Crippen LogP contribution < -0.4 is 10.9 Å². The van der Waals surface area contributed by atoms with Crippen LogP contribution in [0.1, 0.15) is 29.0 Å². The third-order valence-corrected chi connectivity index (χ3v) is 4.60. The average Bonchev–Trinajstić information content (AvgIpc) is 3.50. The Balaban J connectivity index is 1.87. The summed E-state index contributed by atoms with van der Waals surface area (Å²) in [5.74, 6) is 0.397. The van der Waals surface area contributed by atoms with Gasteiger partial charge in [0.25, 0.3) is 11.5 Å². The molecule has 0 atom stereocenters. The summed E-state index contributed by atoms with van der Waals surface area (Å²) in [5, 5.41) is 3.52. The number of rotatable bonds is 5. The Morgan fingerprint density at radius 1 is 1.18 bits per heavy atom. The maximum atomic E-state index is 13.2. The van der Waals surface area contributed by atoms with E-state index < -0.39 is 0 Å². The van der Waals surface area contributed by atoms with Gasteiger partial charge in [0.05, 0.1) is 16.6 Å². The van der Waals surface area contributed by atoms with Gasteiger partial charge in [-0.25, -0.2) is 4.98 Å². The Bertz CT molecular complexity index is 1130. The molecule has 2 aromatic carbocycles. The molecule has 142 valence electrons. The monoisotopic (exact) mass is 374 g/mol. The van der Waals surface area contributed by atoms with Crippen LogP contribution in [0.2, 0.25) is 0 Å². The average molecular weight is 374 g/mol. The molecule has 3 aromatic rings. The van der Waals surface area contributed by atoms with E-state index >= 15 is 0 Å². The van der Waals surface area contributed by atoms with E-state index in [2.05, 4.69) is 10.3 Å². The van der Waals surface area contributed by atoms with Crippen LogP contribution in [0.3, 0.4) is 0 Å². The first kappa shape index (κ1) is 18.0. The molecule has 1 saturated carbocycles. The Morgan fingerprint density at radius 2 is 1.96 bits per heavy atom. The summed E-state index contributed by atoms with van der Waals surface area (Å²) in [6.07, 6.45) is 5.69. The van der Waals surface area contributed by atoms with E-state index in [1.807, 2.05) is 49.5 Å². The van der Waals surface area contributed by atoms with Gasteiger partial charge < -0.3 is 10.2 Å². The lowest BCUT2D eigenvalue weighted by Gasteiger charge is -2.13. The third kappa shape index (κ3) is 3.67. The maximum Gasteiger partial charge on any atom is 0.266 e. The Morgan fingerprint density at radius 3 is 2.71 bits per heavy atom. The van der Waals surface area contributed by atoms with Crippen LogP contribution in [-0.2, 0) is 0 Å². The fourth-order valence-electron chi connectivity index (χ4n) is 3.01. The fraction of sp³-hybridized carbons (Fsp3) is 0.227. The summed E-state index contributed by atoms with van der Waals surface area (Å²) >= 11 is 0. The molecule has 6 heteroatoms. The zero-order valence-electron chi connectivity index (χ0n) is 15.9. The van der Waals surface area contributed by atoms with E-state index in [-0.39, 0.29) is 17.5 Å². The zero-order valence-corrected chi connectivity index (χ0v) is 15.9. The largest absolute Gasteiger partial charge is 0.383 e. The Labute approximate surface area is 163 Å². The lowest BCUT2D eigenvalue weighted by atomic mass is 10.1. The second-order valence-corrected chi connectivity index (χ2v) is 7.21. The van der Waals surface area contributed by atoms with Crippen LogP contribution in [0.15, 0.2) is 59.5 Å². The van der Waals surface area contributed by atoms with Crippen LogP contribution in [0.4, 0.5) is 0 Å². The Kier molecular flexibility index (Phi) is 4.69. The van der Waals surface area contributed by atoms with Crippen molar-refractivity contribution in [3.05, 3.63) is 76.5 Å². The van der Waals surface area contributed by atoms with Gasteiger partial charge in [0.15, 0.2) is 0 Å². The molecule has 1 fully saturated rings. The zero-order chi connectivity index (χ0) is 19.7. The molecule has 0 radical (unpaired) electrons. The molecule has 6 nitrogen and oxygen atoms in total.